The fraction of sp³-hybridized carbons (Fsp3) is 0.627. The second-order valence-corrected chi connectivity index (χ2v) is 25.8. The summed E-state index contributed by atoms with van der Waals surface area (Å²) in [7, 11) is 0. The van der Waals surface area contributed by atoms with E-state index in [4.69, 9.17) is 34.2 Å². The molecule has 20 N–H and O–H groups in total. The van der Waals surface area contributed by atoms with Crippen LogP contribution in [0.15, 0.2) is 48.5 Å². The Morgan fingerprint density at radius 2 is 1.06 bits per heavy atom. The van der Waals surface area contributed by atoms with Crippen molar-refractivity contribution in [2.75, 3.05) is 45.3 Å². The van der Waals surface area contributed by atoms with Crippen molar-refractivity contribution < 1.29 is 122 Å². The van der Waals surface area contributed by atoms with Gasteiger partial charge in [-0.15, -0.1) is 0 Å². The summed E-state index contributed by atoms with van der Waals surface area (Å²) in [5.41, 5.74) is 9.09. The van der Waals surface area contributed by atoms with Gasteiger partial charge in [0, 0.05) is 30.3 Å². The Morgan fingerprint density at radius 3 is 1.59 bits per heavy atom. The van der Waals surface area contributed by atoms with Crippen molar-refractivity contribution in [2.45, 2.75) is 188 Å². The predicted molar refractivity (Wildman–Crippen MR) is 328 cm³/mol. The van der Waals surface area contributed by atoms with Crippen molar-refractivity contribution in [1.82, 2.24) is 47.9 Å². The maximum absolute atomic E-state index is 14.0. The number of hydrogen-bond donors (Lipinski definition) is 19. The van der Waals surface area contributed by atoms with Crippen molar-refractivity contribution in [3.63, 3.8) is 0 Å². The normalized spacial score (nSPS) is 28.0. The Morgan fingerprint density at radius 1 is 0.568 bits per heavy atom. The van der Waals surface area contributed by atoms with Crippen LogP contribution in [0.4, 0.5) is 4.79 Å². The van der Waals surface area contributed by atoms with Gasteiger partial charge >= 0.3 is 6.09 Å². The molecule has 0 spiro atoms. The van der Waals surface area contributed by atoms with Gasteiger partial charge in [0.2, 0.25) is 53.2 Å². The summed E-state index contributed by atoms with van der Waals surface area (Å²) in [6.07, 6.45) is -25.3. The molecule has 2 aromatic rings. The summed E-state index contributed by atoms with van der Waals surface area (Å²) in [4.78, 5) is 133. The van der Waals surface area contributed by atoms with Gasteiger partial charge in [-0.25, -0.2) is 4.79 Å². The molecule has 3 saturated heterocycles. The molecule has 1 aliphatic carbocycles. The summed E-state index contributed by atoms with van der Waals surface area (Å²) in [6, 6.07) is 4.16. The molecule has 528 valence electrons. The fourth-order valence-corrected chi connectivity index (χ4v) is 11.6. The first kappa shape index (κ1) is 76.7. The second-order valence-electron chi connectivity index (χ2n) is 24.0. The first-order chi connectivity index (χ1) is 44.8. The molecule has 0 aromatic heterocycles. The first-order valence-corrected chi connectivity index (χ1v) is 31.3. The maximum atomic E-state index is 14.0. The Balaban J connectivity index is 1.12. The van der Waals surface area contributed by atoms with Gasteiger partial charge in [0.1, 0.15) is 110 Å². The molecule has 10 amide bonds. The zero-order valence-corrected chi connectivity index (χ0v) is 53.8. The van der Waals surface area contributed by atoms with Crippen LogP contribution >= 0.6 is 11.8 Å². The molecule has 0 bridgehead atoms. The van der Waals surface area contributed by atoms with E-state index in [1.54, 1.807) is 0 Å². The minimum atomic E-state index is -1.99. The summed E-state index contributed by atoms with van der Waals surface area (Å²) in [5.74, 6) is -9.46. The van der Waals surface area contributed by atoms with Crippen LogP contribution in [0.5, 0.6) is 0 Å². The number of ether oxygens (including phenoxy) is 6. The number of benzene rings is 2. The number of nitrogens with two attached hydrogens (primary N) is 1. The number of amides is 10. The van der Waals surface area contributed by atoms with Crippen LogP contribution < -0.4 is 53.6 Å². The minimum Gasteiger partial charge on any atom is -0.449 e. The number of hydrogen-bond acceptors (Lipinski definition) is 26. The lowest BCUT2D eigenvalue weighted by Crippen LogP contribution is -2.71. The highest BCUT2D eigenvalue weighted by atomic mass is 32.2. The molecule has 6 rings (SSSR count). The average Bonchev–Trinajstić information content (AvgIpc) is 1.45. The van der Waals surface area contributed by atoms with Crippen LogP contribution in [-0.4, -0.2) is 277 Å². The number of aliphatic hydroxyl groups excluding tert-OH is 9. The zero-order chi connectivity index (χ0) is 70.3. The van der Waals surface area contributed by atoms with E-state index in [9.17, 15) is 93.9 Å². The van der Waals surface area contributed by atoms with Gasteiger partial charge in [0.15, 0.2) is 18.8 Å². The lowest BCUT2D eigenvalue weighted by molar-refractivity contribution is -0.358. The lowest BCUT2D eigenvalue weighted by atomic mass is 9.93. The molecule has 20 atom stereocenters. The van der Waals surface area contributed by atoms with Crippen molar-refractivity contribution >= 4 is 71.0 Å². The fourth-order valence-electron chi connectivity index (χ4n) is 10.7. The maximum Gasteiger partial charge on any atom is 0.407 e. The molecule has 95 heavy (non-hydrogen) atoms. The second kappa shape index (κ2) is 34.6. The number of fused-ring (bicyclic) bond motifs is 3. The first-order valence-electron chi connectivity index (χ1n) is 30.3. The summed E-state index contributed by atoms with van der Waals surface area (Å²) in [6.45, 7) is 5.25. The van der Waals surface area contributed by atoms with Crippen LogP contribution in [0.25, 0.3) is 11.1 Å². The molecule has 3 heterocycles. The highest BCUT2D eigenvalue weighted by Gasteiger charge is 2.55. The van der Waals surface area contributed by atoms with E-state index in [1.807, 2.05) is 69.3 Å². The van der Waals surface area contributed by atoms with E-state index in [-0.39, 0.29) is 18.3 Å². The van der Waals surface area contributed by atoms with Gasteiger partial charge in [-0.3, -0.25) is 43.2 Å². The molecule has 3 fully saturated rings. The number of rotatable bonds is 29. The predicted octanol–water partition coefficient (Wildman–Crippen LogP) is -7.76. The third-order valence-corrected chi connectivity index (χ3v) is 17.0. The van der Waals surface area contributed by atoms with Crippen LogP contribution in [0.3, 0.4) is 0 Å². The quantitative estimate of drug-likeness (QED) is 0.0360. The molecule has 0 saturated carbocycles. The standard InChI is InChI=1S/C59H86N10O25S/c1-24(63-54(87)35(23-95-59(5,6)7)68-58(88)89-22-32-30-14-10-8-12-28(30)29-13-9-11-15-31(29)32)51(84)66-33(53(86)62-25(2)52(85)67-34(18-70)50(60)83)16-39(76)61-17-40(77)69-55-41(64-26(3)74)44(79)48(37(20-72)90-55)93-56-42(65-27(4)75)45(80)49(38(21-73)92-56)94-57-47(82)46(81)43(78)36(19-71)91-57/h8-15,24-25,32-38,41-49,55-57,70-73,78-82H,16-23H2,1-7H3,(H2,60,83)(H,61,76)(H,62,86)(H,63,87)(H,64,74)(H,65,75)(H,66,84)(H,67,85)(H,68,88)(H,69,77)/t24-,25-,33-,34-,35-,36+,37+,38+,41+,42+,43+,44+,45+,46-,47-,48+,49+,55+,56-,57-/m0/s1. The Kier molecular flexibility index (Phi) is 28.0. The zero-order valence-electron chi connectivity index (χ0n) is 52.9. The highest BCUT2D eigenvalue weighted by molar-refractivity contribution is 8.00. The van der Waals surface area contributed by atoms with Gasteiger partial charge in [-0.2, -0.15) is 11.8 Å². The van der Waals surface area contributed by atoms with Crippen molar-refractivity contribution in [3.05, 3.63) is 59.7 Å². The number of alkyl carbamates (subject to hydrolysis) is 1. The summed E-state index contributed by atoms with van der Waals surface area (Å²) >= 11 is 1.31. The topological polar surface area (TPSA) is 542 Å². The number of nitrogens with one attached hydrogen (secondary N) is 9. The third kappa shape index (κ3) is 20.4. The van der Waals surface area contributed by atoms with Crippen molar-refractivity contribution in [1.29, 1.82) is 0 Å². The van der Waals surface area contributed by atoms with E-state index in [0.717, 1.165) is 43.0 Å². The Hall–Kier alpha value is -7.27. The summed E-state index contributed by atoms with van der Waals surface area (Å²) in [5, 5.41) is 116. The smallest absolute Gasteiger partial charge is 0.407 e. The monoisotopic (exact) mass is 1370 g/mol. The molecule has 2 aromatic carbocycles. The van der Waals surface area contributed by atoms with Crippen LogP contribution in [0.2, 0.25) is 0 Å². The number of aliphatic hydroxyl groups is 9. The molecule has 36 heteroatoms. The highest BCUT2D eigenvalue weighted by Crippen LogP contribution is 2.44. The van der Waals surface area contributed by atoms with Gasteiger partial charge in [-0.05, 0) is 36.1 Å². The number of carbonyl (C=O) groups excluding carboxylic acids is 10. The van der Waals surface area contributed by atoms with Gasteiger partial charge in [0.05, 0.1) is 39.4 Å². The SMILES string of the molecule is CC(=O)N[C@@H]1[C@@H](O)[C@H](O[C@@H]2O[C@H](CO)[C@@H](O[C@@H]3O[C@H](CO)[C@@H](O)[C@H](O)[C@@H]3O)[C@H](O)[C@H]2NC(C)=O)[C@@H](CO)O[C@H]1NC(=O)CNC(=O)C[C@H](NC(=O)[C@H](C)NC(=O)[C@H](CSC(C)(C)C)NC(=O)OCC1c2ccccc2-c2ccccc21)C(=O)N[C@@H](C)C(=O)N[C@@H](CO)C(N)=O. The molecule has 0 radical (unpaired) electrons. The van der Waals surface area contributed by atoms with Crippen molar-refractivity contribution in [2.24, 2.45) is 5.73 Å². The van der Waals surface area contributed by atoms with Gasteiger partial charge in [0.25, 0.3) is 0 Å². The van der Waals surface area contributed by atoms with E-state index in [0.29, 0.717) is 0 Å². The van der Waals surface area contributed by atoms with E-state index in [1.165, 1.54) is 18.7 Å². The lowest BCUT2D eigenvalue weighted by Gasteiger charge is -2.49. The average molecular weight is 1370 g/mol. The molecule has 4 aliphatic rings. The number of primary amides is 1. The summed E-state index contributed by atoms with van der Waals surface area (Å²) < 4.78 is 34.2. The largest absolute Gasteiger partial charge is 0.449 e. The Bertz CT molecular complexity index is 2990. The van der Waals surface area contributed by atoms with Crippen LogP contribution in [0, 0.1) is 0 Å². The van der Waals surface area contributed by atoms with Crippen molar-refractivity contribution in [3.8, 4) is 11.1 Å². The Labute approximate surface area is 548 Å². The van der Waals surface area contributed by atoms with E-state index >= 15 is 0 Å². The van der Waals surface area contributed by atoms with Crippen LogP contribution in [-0.2, 0) is 71.6 Å². The van der Waals surface area contributed by atoms with E-state index < -0.39 is 226 Å². The molecular formula is C59H86N10O25S. The molecule has 0 unspecified atom stereocenters. The minimum absolute atomic E-state index is 0.00635. The van der Waals surface area contributed by atoms with Crippen LogP contribution in [0.1, 0.15) is 71.9 Å². The third-order valence-electron chi connectivity index (χ3n) is 15.7. The number of thioether (sulfide) groups is 1. The molecule has 3 aliphatic heterocycles. The van der Waals surface area contributed by atoms with Gasteiger partial charge < -0.3 is 128 Å². The number of carbonyl (C=O) groups is 10. The molecular weight excluding hydrogens is 1280 g/mol. The van der Waals surface area contributed by atoms with Gasteiger partial charge in [-0.1, -0.05) is 69.3 Å². The van der Waals surface area contributed by atoms with E-state index in [2.05, 4.69) is 47.9 Å². The molecule has 35 nitrogen and oxygen atoms in total.